The number of aromatic nitrogens is 8. The quantitative estimate of drug-likeness (QED) is 0.166. The van der Waals surface area contributed by atoms with E-state index in [1.54, 1.807) is 12.4 Å². The molecule has 0 spiro atoms. The molecule has 0 saturated heterocycles. The van der Waals surface area contributed by atoms with Gasteiger partial charge in [-0.15, -0.1) is 0 Å². The van der Waals surface area contributed by atoms with Gasteiger partial charge in [-0.2, -0.15) is 0 Å². The van der Waals surface area contributed by atoms with Crippen molar-refractivity contribution in [3.05, 3.63) is 486 Å². The SMILES string of the molecule is c1ccc(-c2cccc(-n3cc4c5c(cccc53)-c3ccccc3-c3cc5ccccc5cc3-4)c2)cc1.c1ccc(-c2cccc(-n3cc4c5c(cccc53)-c3ccccc3-c3cc5ccccc5cc3-4)n2)cc1.c1ccc(-n2cc3c4c(cccc42)-c2ccccc2-c2cc4ccccc4cc2-3)nc1.c1cnc(-n2cc3c4c(cccc42)-c2ccccc2-c2cc4ccccc4cc2-3)nc1. The lowest BCUT2D eigenvalue weighted by molar-refractivity contribution is 0.962. The Hall–Kier alpha value is -18.2. The van der Waals surface area contributed by atoms with Crippen LogP contribution < -0.4 is 0 Å². The Balaban J connectivity index is 0.0000000922. The number of pyridine rings is 2. The average molecular weight is 1730 g/mol. The number of hydrogen-bond acceptors (Lipinski definition) is 4. The van der Waals surface area contributed by atoms with Crippen LogP contribution in [0.3, 0.4) is 0 Å². The molecule has 0 amide bonds. The molecule has 8 nitrogen and oxygen atoms in total. The minimum Gasteiger partial charge on any atom is -0.316 e. The molecule has 0 radical (unpaired) electrons. The van der Waals surface area contributed by atoms with Crippen molar-refractivity contribution in [1.82, 2.24) is 38.2 Å². The third-order valence-corrected chi connectivity index (χ3v) is 28.0. The van der Waals surface area contributed by atoms with E-state index in [1.165, 1.54) is 232 Å². The molecular formula is C128H80N8. The van der Waals surface area contributed by atoms with Gasteiger partial charge >= 0.3 is 0 Å². The number of benzene rings is 19. The molecule has 30 rings (SSSR count). The van der Waals surface area contributed by atoms with Crippen molar-refractivity contribution in [2.24, 2.45) is 0 Å². The van der Waals surface area contributed by atoms with Crippen LogP contribution in [-0.2, 0) is 0 Å². The smallest absolute Gasteiger partial charge is 0.234 e. The normalized spacial score (nSPS) is 11.8. The van der Waals surface area contributed by atoms with Gasteiger partial charge in [-0.05, 0) is 281 Å². The summed E-state index contributed by atoms with van der Waals surface area (Å²) >= 11 is 0. The maximum atomic E-state index is 5.10. The van der Waals surface area contributed by atoms with Crippen molar-refractivity contribution in [2.75, 3.05) is 0 Å². The molecule has 632 valence electrons. The molecular weight excluding hydrogens is 1650 g/mol. The van der Waals surface area contributed by atoms with Crippen molar-refractivity contribution >= 4 is 86.7 Å². The van der Waals surface area contributed by atoms with Crippen molar-refractivity contribution in [2.45, 2.75) is 0 Å². The van der Waals surface area contributed by atoms with E-state index in [-0.39, 0.29) is 0 Å². The van der Waals surface area contributed by atoms with Crippen molar-refractivity contribution in [1.29, 1.82) is 0 Å². The van der Waals surface area contributed by atoms with Crippen LogP contribution in [-0.4, -0.2) is 38.2 Å². The van der Waals surface area contributed by atoms with E-state index >= 15 is 0 Å². The maximum absolute atomic E-state index is 5.10. The van der Waals surface area contributed by atoms with Crippen LogP contribution in [0.5, 0.6) is 0 Å². The van der Waals surface area contributed by atoms with Crippen molar-refractivity contribution in [3.63, 3.8) is 0 Å². The monoisotopic (exact) mass is 1730 g/mol. The topological polar surface area (TPSA) is 71.3 Å². The third-order valence-electron chi connectivity index (χ3n) is 28.0. The van der Waals surface area contributed by atoms with Crippen molar-refractivity contribution in [3.8, 4) is 179 Å². The summed E-state index contributed by atoms with van der Waals surface area (Å²) in [4.78, 5) is 18.8. The van der Waals surface area contributed by atoms with Gasteiger partial charge in [-0.25, -0.2) is 19.9 Å². The lowest BCUT2D eigenvalue weighted by Crippen LogP contribution is -1.98. The van der Waals surface area contributed by atoms with E-state index in [0.29, 0.717) is 5.95 Å². The summed E-state index contributed by atoms with van der Waals surface area (Å²) in [6, 6.07) is 159. The maximum Gasteiger partial charge on any atom is 0.234 e. The Morgan fingerprint density at radius 3 is 0.809 bits per heavy atom. The zero-order valence-corrected chi connectivity index (χ0v) is 73.8. The second kappa shape index (κ2) is 31.8. The van der Waals surface area contributed by atoms with Gasteiger partial charge < -0.3 is 13.7 Å². The number of rotatable bonds is 6. The van der Waals surface area contributed by atoms with Crippen LogP contribution >= 0.6 is 0 Å². The highest BCUT2D eigenvalue weighted by Crippen LogP contribution is 2.56. The summed E-state index contributed by atoms with van der Waals surface area (Å²) in [5, 5.41) is 15.2. The molecule has 0 unspecified atom stereocenters. The highest BCUT2D eigenvalue weighted by Gasteiger charge is 2.31. The van der Waals surface area contributed by atoms with Crippen molar-refractivity contribution < 1.29 is 0 Å². The molecule has 0 atom stereocenters. The largest absolute Gasteiger partial charge is 0.316 e. The lowest BCUT2D eigenvalue weighted by atomic mass is 9.91. The number of fused-ring (bicyclic) bond motifs is 24. The predicted molar refractivity (Wildman–Crippen MR) is 565 cm³/mol. The van der Waals surface area contributed by atoms with Crippen LogP contribution in [0, 0.1) is 0 Å². The molecule has 4 aliphatic carbocycles. The van der Waals surface area contributed by atoms with Gasteiger partial charge in [0.05, 0.1) is 27.8 Å². The zero-order valence-electron chi connectivity index (χ0n) is 73.8. The minimum atomic E-state index is 0.687. The van der Waals surface area contributed by atoms with Crippen LogP contribution in [0.1, 0.15) is 0 Å². The van der Waals surface area contributed by atoms with E-state index in [9.17, 15) is 0 Å². The standard InChI is InChI=1S/C36H23N.C35H22N2.C29H18N2.C28H17N3/c1-2-10-24(11-3-1)25-14-8-15-28(20-25)37-23-34-33-22-27-13-5-4-12-26(27)21-32(33)30-17-7-6-16-29(30)31-18-9-19-35(37)36(31)34;1-2-10-23(11-3-1)32-17-9-19-34(36-32)37-22-31-30-21-25-13-5-4-12-24(25)20-29(30)27-15-7-6-14-26(27)28-16-8-18-33(37)35(28)31;1-2-9-20-17-25-24(16-19(20)8-1)22-11-4-3-10-21(22)23-12-7-13-27-29(23)26(25)18-31(27)28-14-5-6-15-30-28;1-2-8-19-16-24-23(15-18(19)7-1)21-10-4-3-9-20(21)22-11-5-12-26-27(22)25(24)17-31(26)28-29-13-6-14-30-28/h1-23H;1-22H;1-18H;1-17H. The van der Waals surface area contributed by atoms with E-state index in [2.05, 4.69) is 477 Å². The molecule has 7 heterocycles. The first-order chi connectivity index (χ1) is 67.5. The lowest BCUT2D eigenvalue weighted by Gasteiger charge is -2.13. The Morgan fingerprint density at radius 1 is 0.154 bits per heavy atom. The minimum absolute atomic E-state index is 0.687. The summed E-state index contributed by atoms with van der Waals surface area (Å²) < 4.78 is 8.96. The second-order valence-electron chi connectivity index (χ2n) is 35.5. The van der Waals surface area contributed by atoms with Gasteiger partial charge in [0.1, 0.15) is 11.6 Å². The molecule has 136 heavy (non-hydrogen) atoms. The van der Waals surface area contributed by atoms with Gasteiger partial charge in [0.25, 0.3) is 0 Å². The summed E-state index contributed by atoms with van der Waals surface area (Å²) in [6.07, 6.45) is 14.5. The highest BCUT2D eigenvalue weighted by atomic mass is 15.1. The molecule has 0 saturated carbocycles. The fourth-order valence-corrected chi connectivity index (χ4v) is 21.9. The number of hydrogen-bond donors (Lipinski definition) is 0. The Bertz CT molecular complexity index is 8820. The first-order valence-electron chi connectivity index (χ1n) is 46.4. The van der Waals surface area contributed by atoms with E-state index in [0.717, 1.165) is 28.4 Å². The van der Waals surface area contributed by atoms with Crippen LogP contribution in [0.4, 0.5) is 0 Å². The molecule has 26 aromatic rings. The Morgan fingerprint density at radius 2 is 0.426 bits per heavy atom. The number of nitrogens with zero attached hydrogens (tertiary/aromatic N) is 8. The fraction of sp³-hybridized carbons (Fsp3) is 0. The van der Waals surface area contributed by atoms with Crippen LogP contribution in [0.15, 0.2) is 486 Å². The molecule has 0 aliphatic heterocycles. The van der Waals surface area contributed by atoms with Gasteiger partial charge in [0.2, 0.25) is 5.95 Å². The molecule has 4 aliphatic rings. The highest BCUT2D eigenvalue weighted by molar-refractivity contribution is 6.20. The Labute approximate surface area is 784 Å². The van der Waals surface area contributed by atoms with E-state index in [1.807, 2.05) is 30.5 Å². The first-order valence-corrected chi connectivity index (χ1v) is 46.4. The second-order valence-corrected chi connectivity index (χ2v) is 35.5. The molecule has 19 aromatic carbocycles. The van der Waals surface area contributed by atoms with E-state index < -0.39 is 0 Å². The van der Waals surface area contributed by atoms with Crippen LogP contribution in [0.2, 0.25) is 0 Å². The van der Waals surface area contributed by atoms with Crippen LogP contribution in [0.25, 0.3) is 266 Å². The molecule has 8 heteroatoms. The predicted octanol–water partition coefficient (Wildman–Crippen LogP) is 33.3. The Kier molecular flexibility index (Phi) is 18.2. The first kappa shape index (κ1) is 77.7. The van der Waals surface area contributed by atoms with Gasteiger partial charge in [-0.1, -0.05) is 328 Å². The summed E-state index contributed by atoms with van der Waals surface area (Å²) in [7, 11) is 0. The molecule has 0 fully saturated rings. The molecule has 7 aromatic heterocycles. The van der Waals surface area contributed by atoms with Gasteiger partial charge in [0, 0.05) is 98.4 Å². The van der Waals surface area contributed by atoms with E-state index in [4.69, 9.17) is 4.98 Å². The summed E-state index contributed by atoms with van der Waals surface area (Å²) in [6.45, 7) is 0. The average Bonchev–Trinajstić information content (AvgIpc) is 1.59. The fourth-order valence-electron chi connectivity index (χ4n) is 21.9. The molecule has 0 bridgehead atoms. The zero-order chi connectivity index (χ0) is 89.4. The molecule has 0 N–H and O–H groups in total. The van der Waals surface area contributed by atoms with Gasteiger partial charge in [0.15, 0.2) is 0 Å². The summed E-state index contributed by atoms with van der Waals surface area (Å²) in [5.41, 5.74) is 40.9. The van der Waals surface area contributed by atoms with Gasteiger partial charge in [-0.3, -0.25) is 4.57 Å². The summed E-state index contributed by atoms with van der Waals surface area (Å²) in [5.74, 6) is 2.55. The third kappa shape index (κ3) is 12.8.